The lowest BCUT2D eigenvalue weighted by atomic mass is 10.2. The third-order valence-corrected chi connectivity index (χ3v) is 5.26. The van der Waals surface area contributed by atoms with E-state index >= 15 is 0 Å². The van der Waals surface area contributed by atoms with Crippen molar-refractivity contribution >= 4 is 23.0 Å². The molecule has 28 heavy (non-hydrogen) atoms. The second-order valence-electron chi connectivity index (χ2n) is 6.01. The largest absolute Gasteiger partial charge is 0.489 e. The summed E-state index contributed by atoms with van der Waals surface area (Å²) in [7, 11) is 0. The molecule has 4 aromatic rings. The van der Waals surface area contributed by atoms with Crippen molar-refractivity contribution < 1.29 is 14.6 Å². The number of nitrogens with one attached hydrogen (secondary N) is 1. The van der Waals surface area contributed by atoms with Crippen LogP contribution >= 0.6 is 11.3 Å². The minimum absolute atomic E-state index is 0.0203. The first-order valence-electron chi connectivity index (χ1n) is 8.32. The fraction of sp³-hybridized carbons (Fsp3) is 0.0500. The van der Waals surface area contributed by atoms with Gasteiger partial charge in [-0.3, -0.25) is 15.0 Å². The highest BCUT2D eigenvalue weighted by atomic mass is 32.1. The van der Waals surface area contributed by atoms with Gasteiger partial charge in [0.1, 0.15) is 17.2 Å². The van der Waals surface area contributed by atoms with Crippen molar-refractivity contribution in [1.82, 2.24) is 4.68 Å². The van der Waals surface area contributed by atoms with Crippen molar-refractivity contribution in [3.8, 4) is 16.2 Å². The molecule has 0 unspecified atom stereocenters. The summed E-state index contributed by atoms with van der Waals surface area (Å²) in [5.74, 6) is -0.440. The van der Waals surface area contributed by atoms with E-state index in [1.165, 1.54) is 0 Å². The topological polar surface area (TPSA) is 97.6 Å². The van der Waals surface area contributed by atoms with E-state index in [-0.39, 0.29) is 10.6 Å². The maximum absolute atomic E-state index is 11.5. The predicted molar refractivity (Wildman–Crippen MR) is 106 cm³/mol. The van der Waals surface area contributed by atoms with E-state index in [1.807, 2.05) is 54.6 Å². The molecule has 0 aliphatic heterocycles. The molecule has 2 aromatic carbocycles. The van der Waals surface area contributed by atoms with Crippen molar-refractivity contribution in [2.24, 2.45) is 0 Å². The van der Waals surface area contributed by atoms with Crippen LogP contribution in [0.15, 0.2) is 70.3 Å². The van der Waals surface area contributed by atoms with E-state index in [0.717, 1.165) is 27.1 Å². The van der Waals surface area contributed by atoms with Crippen LogP contribution in [0.2, 0.25) is 0 Å². The zero-order valence-corrected chi connectivity index (χ0v) is 15.2. The Bertz CT molecular complexity index is 1180. The SMILES string of the molecule is O=C(O)c1sc(-c2ccc(OCc3ccccc3)cc2)cc1Nn1c(=O)c1=O. The van der Waals surface area contributed by atoms with E-state index in [4.69, 9.17) is 4.74 Å². The number of anilines is 1. The Labute approximate surface area is 162 Å². The number of aromatic carboxylic acids is 1. The molecule has 0 aliphatic rings. The number of nitrogens with zero attached hydrogens (tertiary/aromatic N) is 1. The van der Waals surface area contributed by atoms with Gasteiger partial charge in [-0.25, -0.2) is 4.79 Å². The maximum atomic E-state index is 11.5. The fourth-order valence-electron chi connectivity index (χ4n) is 2.59. The molecule has 0 saturated heterocycles. The normalized spacial score (nSPS) is 10.9. The van der Waals surface area contributed by atoms with Crippen LogP contribution in [0.4, 0.5) is 5.69 Å². The first kappa shape index (κ1) is 17.7. The van der Waals surface area contributed by atoms with E-state index in [9.17, 15) is 19.5 Å². The van der Waals surface area contributed by atoms with Crippen LogP contribution in [0.25, 0.3) is 10.4 Å². The van der Waals surface area contributed by atoms with Crippen LogP contribution < -0.4 is 21.3 Å². The minimum atomic E-state index is -1.14. The molecule has 2 aromatic heterocycles. The standard InChI is InChI=1S/C20H14N2O5S/c23-18-19(24)22(18)21-15-10-16(28-17(15)20(25)26)13-6-8-14(9-7-13)27-11-12-4-2-1-3-5-12/h1-10,21H,11H2,(H,25,26). The Hall–Kier alpha value is -3.65. The molecule has 0 aliphatic carbocycles. The highest BCUT2D eigenvalue weighted by Crippen LogP contribution is 2.35. The van der Waals surface area contributed by atoms with Crippen LogP contribution in [0.3, 0.4) is 0 Å². The lowest BCUT2D eigenvalue weighted by Gasteiger charge is -2.06. The molecular formula is C20H14N2O5S. The Kier molecular flexibility index (Phi) is 4.54. The number of rotatable bonds is 7. The molecule has 0 bridgehead atoms. The quantitative estimate of drug-likeness (QED) is 0.468. The summed E-state index contributed by atoms with van der Waals surface area (Å²) in [6.07, 6.45) is 0. The van der Waals surface area contributed by atoms with Crippen LogP contribution in [0, 0.1) is 0 Å². The molecule has 2 N–H and O–H groups in total. The van der Waals surface area contributed by atoms with Gasteiger partial charge >= 0.3 is 17.1 Å². The third kappa shape index (κ3) is 3.58. The van der Waals surface area contributed by atoms with Crippen molar-refractivity contribution in [2.75, 3.05) is 5.43 Å². The monoisotopic (exact) mass is 394 g/mol. The number of thiophene rings is 1. The lowest BCUT2D eigenvalue weighted by Crippen LogP contribution is -2.09. The summed E-state index contributed by atoms with van der Waals surface area (Å²) >= 11 is 1.06. The van der Waals surface area contributed by atoms with Gasteiger partial charge in [0.2, 0.25) is 0 Å². The number of hydrogen-bond donors (Lipinski definition) is 2. The Morgan fingerprint density at radius 1 is 1.04 bits per heavy atom. The van der Waals surface area contributed by atoms with Gasteiger partial charge in [0.25, 0.3) is 0 Å². The number of hydrogen-bond acceptors (Lipinski definition) is 6. The van der Waals surface area contributed by atoms with E-state index in [0.29, 0.717) is 17.2 Å². The molecule has 0 atom stereocenters. The number of carboxylic acids is 1. The van der Waals surface area contributed by atoms with Crippen molar-refractivity contribution in [1.29, 1.82) is 0 Å². The lowest BCUT2D eigenvalue weighted by molar-refractivity contribution is 0.0703. The second kappa shape index (κ2) is 7.16. The van der Waals surface area contributed by atoms with Gasteiger partial charge in [-0.15, -0.1) is 11.3 Å². The first-order valence-corrected chi connectivity index (χ1v) is 9.14. The summed E-state index contributed by atoms with van der Waals surface area (Å²) in [4.78, 5) is 34.5. The van der Waals surface area contributed by atoms with E-state index in [1.54, 1.807) is 6.07 Å². The summed E-state index contributed by atoms with van der Waals surface area (Å²) < 4.78 is 6.53. The predicted octanol–water partition coefficient (Wildman–Crippen LogP) is 2.97. The molecular weight excluding hydrogens is 380 g/mol. The number of ether oxygens (including phenoxy) is 1. The van der Waals surface area contributed by atoms with Crippen molar-refractivity contribution in [3.05, 3.63) is 91.8 Å². The van der Waals surface area contributed by atoms with Crippen LogP contribution in [0.5, 0.6) is 5.75 Å². The summed E-state index contributed by atoms with van der Waals surface area (Å²) in [6, 6.07) is 18.7. The number of aromatic nitrogens is 1. The highest BCUT2D eigenvalue weighted by molar-refractivity contribution is 7.18. The van der Waals surface area contributed by atoms with Crippen LogP contribution in [0.1, 0.15) is 15.2 Å². The van der Waals surface area contributed by atoms with Gasteiger partial charge in [0, 0.05) is 4.88 Å². The van der Waals surface area contributed by atoms with Gasteiger partial charge in [-0.2, -0.15) is 4.68 Å². The smallest absolute Gasteiger partial charge is 0.348 e. The maximum Gasteiger partial charge on any atom is 0.348 e. The van der Waals surface area contributed by atoms with Crippen LogP contribution in [-0.4, -0.2) is 15.8 Å². The molecule has 8 heteroatoms. The second-order valence-corrected chi connectivity index (χ2v) is 7.07. The van der Waals surface area contributed by atoms with Gasteiger partial charge in [0.15, 0.2) is 0 Å². The molecule has 140 valence electrons. The number of benzene rings is 2. The third-order valence-electron chi connectivity index (χ3n) is 4.08. The highest BCUT2D eigenvalue weighted by Gasteiger charge is 2.22. The molecule has 0 radical (unpaired) electrons. The zero-order valence-electron chi connectivity index (χ0n) is 14.4. The zero-order chi connectivity index (χ0) is 19.7. The fourth-order valence-corrected chi connectivity index (χ4v) is 3.54. The first-order chi connectivity index (χ1) is 13.5. The Balaban J connectivity index is 1.52. The molecule has 4 rings (SSSR count). The van der Waals surface area contributed by atoms with E-state index in [2.05, 4.69) is 5.43 Å². The Morgan fingerprint density at radius 3 is 2.32 bits per heavy atom. The molecule has 0 spiro atoms. The van der Waals surface area contributed by atoms with E-state index < -0.39 is 17.1 Å². The summed E-state index contributed by atoms with van der Waals surface area (Å²) in [6.45, 7) is 0.453. The molecule has 0 amide bonds. The van der Waals surface area contributed by atoms with Crippen molar-refractivity contribution in [2.45, 2.75) is 6.61 Å². The summed E-state index contributed by atoms with van der Waals surface area (Å²) in [5.41, 5.74) is 3.23. The summed E-state index contributed by atoms with van der Waals surface area (Å²) in [5, 5.41) is 9.38. The average molecular weight is 394 g/mol. The molecule has 0 saturated carbocycles. The Morgan fingerprint density at radius 2 is 1.71 bits per heavy atom. The minimum Gasteiger partial charge on any atom is -0.489 e. The molecule has 2 heterocycles. The number of carboxylic acid groups (broad SMARTS) is 1. The molecule has 0 fully saturated rings. The van der Waals surface area contributed by atoms with Crippen LogP contribution in [-0.2, 0) is 6.61 Å². The number of carbonyl (C=O) groups is 1. The van der Waals surface area contributed by atoms with Crippen molar-refractivity contribution in [3.63, 3.8) is 0 Å². The van der Waals surface area contributed by atoms with Gasteiger partial charge in [0.05, 0.1) is 5.69 Å². The van der Waals surface area contributed by atoms with Gasteiger partial charge in [-0.1, -0.05) is 30.3 Å². The molecule has 7 nitrogen and oxygen atoms in total. The average Bonchev–Trinajstić information content (AvgIpc) is 3.08. The van der Waals surface area contributed by atoms with Gasteiger partial charge < -0.3 is 9.84 Å². The van der Waals surface area contributed by atoms with Gasteiger partial charge in [-0.05, 0) is 41.5 Å².